The van der Waals surface area contributed by atoms with Gasteiger partial charge in [0.25, 0.3) is 5.91 Å². The van der Waals surface area contributed by atoms with E-state index in [4.69, 9.17) is 0 Å². The normalized spacial score (nSPS) is 16.1. The molecule has 0 aliphatic heterocycles. The Morgan fingerprint density at radius 3 is 2.93 bits per heavy atom. The molecule has 1 aliphatic rings. The molecule has 0 unspecified atom stereocenters. The monoisotopic (exact) mass is 272 g/mol. The van der Waals surface area contributed by atoms with Crippen LogP contribution in [0.25, 0.3) is 0 Å². The van der Waals surface area contributed by atoms with Gasteiger partial charge in [-0.15, -0.1) is 0 Å². The van der Waals surface area contributed by atoms with Crippen molar-refractivity contribution >= 4 is 21.8 Å². The van der Waals surface area contributed by atoms with Crippen LogP contribution in [0.3, 0.4) is 0 Å². The lowest BCUT2D eigenvalue weighted by Crippen LogP contribution is -2.45. The Labute approximate surface area is 96.7 Å². The smallest absolute Gasteiger partial charge is 0.276 e. The predicted octanol–water partition coefficient (Wildman–Crippen LogP) is 2.06. The van der Waals surface area contributed by atoms with Crippen molar-refractivity contribution in [1.82, 2.24) is 10.1 Å². The quantitative estimate of drug-likeness (QED) is 0.789. The first-order chi connectivity index (χ1) is 7.33. The first kappa shape index (κ1) is 10.7. The predicted molar refractivity (Wildman–Crippen MR) is 59.0 cm³/mol. The molecule has 1 amide bonds. The highest BCUT2D eigenvalue weighted by Crippen LogP contribution is 2.25. The number of nitrogens with zero attached hydrogens (tertiary/aromatic N) is 2. The molecule has 1 aromatic heterocycles. The summed E-state index contributed by atoms with van der Waals surface area (Å²) in [6, 6.07) is 2.01. The maximum Gasteiger partial charge on any atom is 0.276 e. The van der Waals surface area contributed by atoms with Crippen molar-refractivity contribution in [1.29, 1.82) is 0 Å². The molecule has 1 fully saturated rings. The van der Waals surface area contributed by atoms with Crippen molar-refractivity contribution in [3.05, 3.63) is 18.0 Å². The highest BCUT2D eigenvalue weighted by Gasteiger charge is 2.29. The molecule has 0 atom stereocenters. The van der Waals surface area contributed by atoms with E-state index in [2.05, 4.69) is 25.6 Å². The molecule has 1 saturated carbocycles. The number of carbonyl (C=O) groups excluding carboxylic acids is 1. The second kappa shape index (κ2) is 4.79. The summed E-state index contributed by atoms with van der Waals surface area (Å²) in [4.78, 5) is 13.9. The molecular weight excluding hydrogens is 260 g/mol. The Balaban J connectivity index is 2.06. The number of hydrogen-bond acceptors (Lipinski definition) is 3. The van der Waals surface area contributed by atoms with E-state index in [9.17, 15) is 4.79 Å². The lowest BCUT2D eigenvalue weighted by Gasteiger charge is -2.36. The minimum Gasteiger partial charge on any atom is -0.364 e. The largest absolute Gasteiger partial charge is 0.364 e. The molecular formula is C10H13BrN2O2. The topological polar surface area (TPSA) is 46.3 Å². The van der Waals surface area contributed by atoms with Crippen LogP contribution in [-0.2, 0) is 0 Å². The third-order valence-corrected chi connectivity index (χ3v) is 3.11. The van der Waals surface area contributed by atoms with Gasteiger partial charge in [0.15, 0.2) is 5.69 Å². The second-order valence-corrected chi connectivity index (χ2v) is 4.45. The van der Waals surface area contributed by atoms with E-state index in [0.717, 1.165) is 24.7 Å². The van der Waals surface area contributed by atoms with Crippen LogP contribution in [0.15, 0.2) is 16.9 Å². The number of halogens is 1. The molecule has 0 bridgehead atoms. The average molecular weight is 273 g/mol. The summed E-state index contributed by atoms with van der Waals surface area (Å²) in [5.74, 6) is -0.0205. The van der Waals surface area contributed by atoms with Gasteiger partial charge in [-0.2, -0.15) is 0 Å². The first-order valence-corrected chi connectivity index (χ1v) is 6.22. The maximum atomic E-state index is 12.0. The molecule has 0 aromatic carbocycles. The molecule has 0 saturated heterocycles. The summed E-state index contributed by atoms with van der Waals surface area (Å²) >= 11 is 3.37. The third kappa shape index (κ3) is 2.22. The van der Waals surface area contributed by atoms with Crippen LogP contribution < -0.4 is 0 Å². The van der Waals surface area contributed by atoms with Crippen molar-refractivity contribution in [3.63, 3.8) is 0 Å². The molecule has 1 aliphatic carbocycles. The van der Waals surface area contributed by atoms with Gasteiger partial charge in [0.2, 0.25) is 0 Å². The summed E-state index contributed by atoms with van der Waals surface area (Å²) in [7, 11) is 0. The van der Waals surface area contributed by atoms with Gasteiger partial charge in [0.1, 0.15) is 6.26 Å². The van der Waals surface area contributed by atoms with Gasteiger partial charge in [-0.1, -0.05) is 21.1 Å². The Morgan fingerprint density at radius 1 is 1.67 bits per heavy atom. The van der Waals surface area contributed by atoms with Gasteiger partial charge >= 0.3 is 0 Å². The van der Waals surface area contributed by atoms with Crippen molar-refractivity contribution in [3.8, 4) is 0 Å². The molecule has 0 N–H and O–H groups in total. The first-order valence-electron chi connectivity index (χ1n) is 5.10. The Kier molecular flexibility index (Phi) is 3.41. The van der Waals surface area contributed by atoms with Gasteiger partial charge in [-0.25, -0.2) is 0 Å². The fourth-order valence-electron chi connectivity index (χ4n) is 1.71. The Morgan fingerprint density at radius 2 is 2.47 bits per heavy atom. The zero-order valence-electron chi connectivity index (χ0n) is 8.36. The zero-order valence-corrected chi connectivity index (χ0v) is 9.94. The van der Waals surface area contributed by atoms with Crippen LogP contribution in [-0.4, -0.2) is 33.9 Å². The standard InChI is InChI=1S/C10H13BrN2O2/c11-5-6-13(8-2-1-3-8)10(14)9-4-7-15-12-9/h4,7-8H,1-3,5-6H2. The number of alkyl halides is 1. The van der Waals surface area contributed by atoms with E-state index in [1.54, 1.807) is 6.07 Å². The SMILES string of the molecule is O=C(c1ccon1)N(CCBr)C1CCC1. The van der Waals surface area contributed by atoms with Gasteiger partial charge in [0.05, 0.1) is 0 Å². The number of hydrogen-bond donors (Lipinski definition) is 0. The number of amides is 1. The van der Waals surface area contributed by atoms with Crippen LogP contribution in [0.1, 0.15) is 29.8 Å². The molecule has 5 heteroatoms. The van der Waals surface area contributed by atoms with E-state index in [0.29, 0.717) is 11.7 Å². The second-order valence-electron chi connectivity index (χ2n) is 3.66. The average Bonchev–Trinajstić information content (AvgIpc) is 2.66. The number of aromatic nitrogens is 1. The zero-order chi connectivity index (χ0) is 10.7. The minimum atomic E-state index is -0.0205. The molecule has 0 spiro atoms. The molecule has 1 aromatic rings. The summed E-state index contributed by atoms with van der Waals surface area (Å²) in [5, 5.41) is 4.48. The van der Waals surface area contributed by atoms with E-state index < -0.39 is 0 Å². The highest BCUT2D eigenvalue weighted by molar-refractivity contribution is 9.09. The van der Waals surface area contributed by atoms with Gasteiger partial charge in [-0.05, 0) is 19.3 Å². The third-order valence-electron chi connectivity index (χ3n) is 2.76. The maximum absolute atomic E-state index is 12.0. The fourth-order valence-corrected chi connectivity index (χ4v) is 2.09. The van der Waals surface area contributed by atoms with E-state index in [-0.39, 0.29) is 5.91 Å². The van der Waals surface area contributed by atoms with Crippen molar-refractivity contribution < 1.29 is 9.32 Å². The molecule has 4 nitrogen and oxygen atoms in total. The summed E-state index contributed by atoms with van der Waals surface area (Å²) in [5.41, 5.74) is 0.405. The molecule has 15 heavy (non-hydrogen) atoms. The van der Waals surface area contributed by atoms with Gasteiger partial charge < -0.3 is 9.42 Å². The molecule has 0 radical (unpaired) electrons. The Hall–Kier alpha value is -0.840. The molecule has 2 rings (SSSR count). The van der Waals surface area contributed by atoms with Crippen LogP contribution in [0, 0.1) is 0 Å². The fraction of sp³-hybridized carbons (Fsp3) is 0.600. The van der Waals surface area contributed by atoms with Crippen LogP contribution >= 0.6 is 15.9 Å². The highest BCUT2D eigenvalue weighted by atomic mass is 79.9. The van der Waals surface area contributed by atoms with Crippen LogP contribution in [0.5, 0.6) is 0 Å². The van der Waals surface area contributed by atoms with Crippen molar-refractivity contribution in [2.24, 2.45) is 0 Å². The van der Waals surface area contributed by atoms with Gasteiger partial charge in [0, 0.05) is 24.0 Å². The van der Waals surface area contributed by atoms with Crippen molar-refractivity contribution in [2.75, 3.05) is 11.9 Å². The lowest BCUT2D eigenvalue weighted by atomic mass is 9.91. The van der Waals surface area contributed by atoms with E-state index in [1.807, 2.05) is 4.90 Å². The summed E-state index contributed by atoms with van der Waals surface area (Å²) in [6.07, 6.45) is 4.86. The van der Waals surface area contributed by atoms with Crippen LogP contribution in [0.2, 0.25) is 0 Å². The molecule has 82 valence electrons. The summed E-state index contributed by atoms with van der Waals surface area (Å²) in [6.45, 7) is 0.732. The number of rotatable bonds is 4. The summed E-state index contributed by atoms with van der Waals surface area (Å²) < 4.78 is 4.69. The lowest BCUT2D eigenvalue weighted by molar-refractivity contribution is 0.0589. The molecule has 1 heterocycles. The van der Waals surface area contributed by atoms with E-state index in [1.165, 1.54) is 12.7 Å². The Bertz CT molecular complexity index is 322. The van der Waals surface area contributed by atoms with E-state index >= 15 is 0 Å². The minimum absolute atomic E-state index is 0.0205. The number of carbonyl (C=O) groups is 1. The van der Waals surface area contributed by atoms with Crippen LogP contribution in [0.4, 0.5) is 0 Å². The van der Waals surface area contributed by atoms with Gasteiger partial charge in [-0.3, -0.25) is 4.79 Å². The van der Waals surface area contributed by atoms with Crippen molar-refractivity contribution in [2.45, 2.75) is 25.3 Å².